The van der Waals surface area contributed by atoms with Gasteiger partial charge in [-0.25, -0.2) is 0 Å². The number of furan rings is 3. The molecule has 0 saturated carbocycles. The Morgan fingerprint density at radius 3 is 1.74 bits per heavy atom. The van der Waals surface area contributed by atoms with E-state index in [-0.39, 0.29) is 0 Å². The molecule has 0 bridgehead atoms. The lowest BCUT2D eigenvalue weighted by Crippen LogP contribution is -1.84. The molecule has 4 heteroatoms. The van der Waals surface area contributed by atoms with Crippen molar-refractivity contribution in [2.24, 2.45) is 0 Å². The number of fused-ring (bicyclic) bond motifs is 16. The molecule has 0 saturated heterocycles. The van der Waals surface area contributed by atoms with Gasteiger partial charge in [0.25, 0.3) is 0 Å². The van der Waals surface area contributed by atoms with Gasteiger partial charge in [0.05, 0.1) is 16.6 Å². The van der Waals surface area contributed by atoms with Crippen molar-refractivity contribution in [3.8, 4) is 22.3 Å². The Hall–Kier alpha value is -8.08. The van der Waals surface area contributed by atoms with Gasteiger partial charge in [-0.2, -0.15) is 0 Å². The van der Waals surface area contributed by atoms with Gasteiger partial charge in [-0.15, -0.1) is 0 Å². The molecule has 0 aliphatic carbocycles. The Balaban J connectivity index is 1.03. The first kappa shape index (κ1) is 32.8. The van der Waals surface area contributed by atoms with E-state index >= 15 is 0 Å². The third-order valence-corrected chi connectivity index (χ3v) is 13.2. The molecule has 9 aromatic carbocycles. The maximum absolute atomic E-state index is 6.65. The Morgan fingerprint density at radius 2 is 1.00 bits per heavy atom. The van der Waals surface area contributed by atoms with E-state index in [1.54, 1.807) is 6.08 Å². The lowest BCUT2D eigenvalue weighted by atomic mass is 9.96. The smallest absolute Gasteiger partial charge is 0.136 e. The van der Waals surface area contributed by atoms with E-state index in [4.69, 9.17) is 13.3 Å². The lowest BCUT2D eigenvalue weighted by molar-refractivity contribution is 0.577. The summed E-state index contributed by atoms with van der Waals surface area (Å²) in [6.07, 6.45) is 5.84. The topological polar surface area (TPSA) is 43.8 Å². The quantitative estimate of drug-likeness (QED) is 0.167. The molecule has 0 unspecified atom stereocenters. The van der Waals surface area contributed by atoms with E-state index in [2.05, 4.69) is 157 Å². The van der Waals surface area contributed by atoms with Crippen LogP contribution in [0.25, 0.3) is 143 Å². The Kier molecular flexibility index (Phi) is 6.34. The summed E-state index contributed by atoms with van der Waals surface area (Å²) in [5.41, 5.74) is 13.9. The average molecular weight is 780 g/mol. The molecule has 14 rings (SSSR count). The zero-order chi connectivity index (χ0) is 40.1. The normalized spacial score (nSPS) is 12.7. The highest BCUT2D eigenvalue weighted by Gasteiger charge is 2.24. The molecule has 0 aliphatic heterocycles. The fourth-order valence-corrected chi connectivity index (χ4v) is 10.4. The third-order valence-electron chi connectivity index (χ3n) is 13.2. The van der Waals surface area contributed by atoms with Crippen molar-refractivity contribution < 1.29 is 13.3 Å². The zero-order valence-corrected chi connectivity index (χ0v) is 33.0. The van der Waals surface area contributed by atoms with E-state index in [0.717, 1.165) is 71.9 Å². The van der Waals surface area contributed by atoms with Gasteiger partial charge in [-0.05, 0) is 130 Å². The molecule has 5 aromatic heterocycles. The largest absolute Gasteiger partial charge is 0.461 e. The number of aromatic nitrogens is 1. The van der Waals surface area contributed by atoms with Crippen LogP contribution in [0.3, 0.4) is 0 Å². The van der Waals surface area contributed by atoms with Crippen LogP contribution in [0.15, 0.2) is 184 Å². The highest BCUT2D eigenvalue weighted by molar-refractivity contribution is 6.36. The average Bonchev–Trinajstić information content (AvgIpc) is 4.09. The van der Waals surface area contributed by atoms with Gasteiger partial charge in [0.2, 0.25) is 0 Å². The molecule has 4 nitrogen and oxygen atoms in total. The number of aryl methyl sites for hydroxylation is 1. The monoisotopic (exact) mass is 779 g/mol. The minimum absolute atomic E-state index is 0.885. The van der Waals surface area contributed by atoms with Crippen molar-refractivity contribution in [3.63, 3.8) is 0 Å². The summed E-state index contributed by atoms with van der Waals surface area (Å²) in [7, 11) is 0. The van der Waals surface area contributed by atoms with Gasteiger partial charge in [0.1, 0.15) is 33.7 Å². The number of rotatable bonds is 4. The molecule has 5 heterocycles. The summed E-state index contributed by atoms with van der Waals surface area (Å²) in [4.78, 5) is 0. The first-order valence-electron chi connectivity index (χ1n) is 20.8. The summed E-state index contributed by atoms with van der Waals surface area (Å²) in [6.45, 7) is 5.88. The van der Waals surface area contributed by atoms with Crippen molar-refractivity contribution in [3.05, 3.63) is 182 Å². The molecule has 0 amide bonds. The van der Waals surface area contributed by atoms with Crippen LogP contribution < -0.4 is 0 Å². The van der Waals surface area contributed by atoms with Gasteiger partial charge in [0.15, 0.2) is 0 Å². The van der Waals surface area contributed by atoms with Gasteiger partial charge in [0, 0.05) is 54.0 Å². The van der Waals surface area contributed by atoms with Crippen LogP contribution >= 0.6 is 0 Å². The van der Waals surface area contributed by atoms with Crippen LogP contribution in [-0.4, -0.2) is 4.40 Å². The summed E-state index contributed by atoms with van der Waals surface area (Å²) < 4.78 is 21.5. The van der Waals surface area contributed by atoms with Crippen LogP contribution in [0.4, 0.5) is 0 Å². The molecule has 0 aliphatic rings. The van der Waals surface area contributed by atoms with Gasteiger partial charge >= 0.3 is 0 Å². The minimum atomic E-state index is 0.885. The van der Waals surface area contributed by atoms with Gasteiger partial charge in [-0.1, -0.05) is 97.6 Å². The van der Waals surface area contributed by atoms with Crippen LogP contribution in [0.1, 0.15) is 11.3 Å². The second kappa shape index (κ2) is 11.8. The molecular formula is C57H33NO3. The Morgan fingerprint density at radius 1 is 0.426 bits per heavy atom. The van der Waals surface area contributed by atoms with Gasteiger partial charge < -0.3 is 17.7 Å². The fourth-order valence-electron chi connectivity index (χ4n) is 10.4. The second-order valence-corrected chi connectivity index (χ2v) is 16.5. The first-order valence-corrected chi connectivity index (χ1v) is 20.8. The molecule has 0 spiro atoms. The molecule has 0 fully saturated rings. The molecule has 0 N–H and O–H groups in total. The number of hydrogen-bond acceptors (Lipinski definition) is 3. The van der Waals surface area contributed by atoms with E-state index in [0.29, 0.717) is 0 Å². The van der Waals surface area contributed by atoms with Crippen molar-refractivity contribution in [2.75, 3.05) is 0 Å². The number of para-hydroxylation sites is 2. The van der Waals surface area contributed by atoms with Crippen molar-refractivity contribution in [1.29, 1.82) is 0 Å². The van der Waals surface area contributed by atoms with Crippen LogP contribution in [0.2, 0.25) is 0 Å². The highest BCUT2D eigenvalue weighted by atomic mass is 16.3. The minimum Gasteiger partial charge on any atom is -0.461 e. The fraction of sp³-hybridized carbons (Fsp3) is 0.0175. The molecule has 14 aromatic rings. The zero-order valence-electron chi connectivity index (χ0n) is 33.0. The maximum Gasteiger partial charge on any atom is 0.136 e. The third kappa shape index (κ3) is 4.48. The van der Waals surface area contributed by atoms with E-state index in [1.165, 1.54) is 76.2 Å². The maximum atomic E-state index is 6.65. The predicted octanol–water partition coefficient (Wildman–Crippen LogP) is 16.5. The first-order chi connectivity index (χ1) is 30.1. The van der Waals surface area contributed by atoms with E-state index in [9.17, 15) is 0 Å². The summed E-state index contributed by atoms with van der Waals surface area (Å²) in [5, 5.41) is 15.3. The summed E-state index contributed by atoms with van der Waals surface area (Å²) >= 11 is 0. The van der Waals surface area contributed by atoms with Crippen molar-refractivity contribution in [2.45, 2.75) is 6.92 Å². The highest BCUT2D eigenvalue weighted by Crippen LogP contribution is 2.48. The molecule has 284 valence electrons. The van der Waals surface area contributed by atoms with Crippen LogP contribution in [0.5, 0.6) is 0 Å². The van der Waals surface area contributed by atoms with E-state index in [1.807, 2.05) is 25.1 Å². The van der Waals surface area contributed by atoms with Crippen LogP contribution in [0, 0.1) is 6.92 Å². The molecule has 61 heavy (non-hydrogen) atoms. The van der Waals surface area contributed by atoms with Crippen molar-refractivity contribution in [1.82, 2.24) is 4.40 Å². The number of hydrogen-bond donors (Lipinski definition) is 0. The van der Waals surface area contributed by atoms with E-state index < -0.39 is 0 Å². The molecule has 0 atom stereocenters. The van der Waals surface area contributed by atoms with Gasteiger partial charge in [-0.3, -0.25) is 0 Å². The number of nitrogens with zero attached hydrogens (tertiary/aromatic N) is 1. The standard InChI is InChI=1S/C57H33NO3/c1-3-4-9-40-31(2)59-52-20-18-34(25-44(40)52)32-14-16-36-24-43-46-30-54-55(42-11-6-8-13-51(42)61-54)56-47-27-37-17-15-33(35-19-21-53-45(26-35)41-10-5-7-12-50(41)60-53)23-39(37)29-49(47)58(57(46)56)48(43)28-38(36)22-32/h3-30H,1H2,2H3/b9-4-. The number of allylic oxidation sites excluding steroid dienone is 2. The predicted molar refractivity (Wildman–Crippen MR) is 255 cm³/mol. The molecular weight excluding hydrogens is 747 g/mol. The Bertz CT molecular complexity index is 4260. The number of benzene rings is 9. The Labute approximate surface area is 347 Å². The second-order valence-electron chi connectivity index (χ2n) is 16.5. The lowest BCUT2D eigenvalue weighted by Gasteiger charge is -2.08. The summed E-state index contributed by atoms with van der Waals surface area (Å²) in [5.74, 6) is 0.900. The SMILES string of the molecule is C=C/C=C\c1c(C)oc2ccc(-c3ccc4cc5c6cc7oc8ccccc8c7c7c8cc9ccc(-c%10ccc%11oc%12ccccc%12c%11c%10)cc9cc8n(c5cc4c3)c67)cc12. The van der Waals surface area contributed by atoms with Crippen molar-refractivity contribution >= 4 is 121 Å². The molecule has 0 radical (unpaired) electrons. The summed E-state index contributed by atoms with van der Waals surface area (Å²) in [6, 6.07) is 55.2. The van der Waals surface area contributed by atoms with Crippen LogP contribution in [-0.2, 0) is 0 Å².